The Labute approximate surface area is 419 Å². The molecule has 1 aliphatic rings. The zero-order valence-corrected chi connectivity index (χ0v) is 39.9. The minimum Gasteiger partial charge on any atom is -0.310 e. The Bertz CT molecular complexity index is 3700. The number of hydrogen-bond acceptors (Lipinski definition) is 5. The van der Waals surface area contributed by atoms with Crippen LogP contribution in [0.25, 0.3) is 72.3 Å². The lowest BCUT2D eigenvalue weighted by molar-refractivity contribution is 0.631. The van der Waals surface area contributed by atoms with Gasteiger partial charge in [-0.25, -0.2) is 4.98 Å². The van der Waals surface area contributed by atoms with Gasteiger partial charge in [-0.3, -0.25) is 19.4 Å². The van der Waals surface area contributed by atoms with Crippen molar-refractivity contribution >= 4 is 56.1 Å². The summed E-state index contributed by atoms with van der Waals surface area (Å²) in [6.07, 6.45) is 5.53. The van der Waals surface area contributed by atoms with Crippen LogP contribution in [0.15, 0.2) is 255 Å². The SMILES string of the molecule is CC1(C)c2ccccc2N(c2cc(N(c3ccc(-c4ccncc4)cc3)c3ccc(-c4ccccn4)cc3)cc(-n3c4ccc(-c5ccccc5)cc4c4cc(-c5ccccc5)ccc43)n2)c2ccccc21. The van der Waals surface area contributed by atoms with E-state index in [1.165, 1.54) is 22.3 Å². The highest BCUT2D eigenvalue weighted by Crippen LogP contribution is 2.52. The molecule has 13 rings (SSSR count). The molecule has 0 atom stereocenters. The molecule has 342 valence electrons. The number of anilines is 6. The molecule has 5 heterocycles. The first kappa shape index (κ1) is 42.7. The molecule has 0 unspecified atom stereocenters. The van der Waals surface area contributed by atoms with Crippen LogP contribution in [0.2, 0.25) is 0 Å². The van der Waals surface area contributed by atoms with Crippen molar-refractivity contribution in [2.24, 2.45) is 0 Å². The van der Waals surface area contributed by atoms with Gasteiger partial charge in [0.15, 0.2) is 0 Å². The molecular formula is C66H48N6. The maximum Gasteiger partial charge on any atom is 0.142 e. The molecule has 1 aliphatic heterocycles. The fraction of sp³-hybridized carbons (Fsp3) is 0.0455. The highest BCUT2D eigenvalue weighted by Gasteiger charge is 2.37. The van der Waals surface area contributed by atoms with Crippen molar-refractivity contribution in [3.63, 3.8) is 0 Å². The minimum atomic E-state index is -0.248. The number of fused-ring (bicyclic) bond motifs is 5. The van der Waals surface area contributed by atoms with Gasteiger partial charge >= 0.3 is 0 Å². The average Bonchev–Trinajstić information content (AvgIpc) is 3.78. The summed E-state index contributed by atoms with van der Waals surface area (Å²) in [6, 6.07) is 84.9. The number of aromatic nitrogens is 4. The van der Waals surface area contributed by atoms with Crippen molar-refractivity contribution in [2.45, 2.75) is 19.3 Å². The predicted molar refractivity (Wildman–Crippen MR) is 297 cm³/mol. The van der Waals surface area contributed by atoms with E-state index in [0.717, 1.165) is 95.4 Å². The summed E-state index contributed by atoms with van der Waals surface area (Å²) in [5.41, 5.74) is 18.4. The van der Waals surface area contributed by atoms with E-state index >= 15 is 0 Å². The van der Waals surface area contributed by atoms with Crippen LogP contribution in [0.3, 0.4) is 0 Å². The average molecular weight is 925 g/mol. The predicted octanol–water partition coefficient (Wildman–Crippen LogP) is 17.2. The highest BCUT2D eigenvalue weighted by molar-refractivity contribution is 6.11. The van der Waals surface area contributed by atoms with Crippen molar-refractivity contribution in [2.75, 3.05) is 9.80 Å². The Morgan fingerprint density at radius 3 is 1.40 bits per heavy atom. The second-order valence-corrected chi connectivity index (χ2v) is 18.9. The first-order valence-electron chi connectivity index (χ1n) is 24.5. The topological polar surface area (TPSA) is 50.1 Å². The van der Waals surface area contributed by atoms with Crippen molar-refractivity contribution in [1.29, 1.82) is 0 Å². The fourth-order valence-corrected chi connectivity index (χ4v) is 10.8. The Kier molecular flexibility index (Phi) is 10.4. The van der Waals surface area contributed by atoms with E-state index in [4.69, 9.17) is 4.98 Å². The van der Waals surface area contributed by atoms with E-state index in [-0.39, 0.29) is 5.41 Å². The fourth-order valence-electron chi connectivity index (χ4n) is 10.8. The number of rotatable bonds is 9. The maximum absolute atomic E-state index is 5.83. The Morgan fingerprint density at radius 1 is 0.375 bits per heavy atom. The zero-order valence-electron chi connectivity index (χ0n) is 39.9. The summed E-state index contributed by atoms with van der Waals surface area (Å²) in [5.74, 6) is 1.60. The smallest absolute Gasteiger partial charge is 0.142 e. The summed E-state index contributed by atoms with van der Waals surface area (Å²) in [5, 5.41) is 2.31. The molecule has 0 aliphatic carbocycles. The lowest BCUT2D eigenvalue weighted by Gasteiger charge is -2.41. The van der Waals surface area contributed by atoms with Crippen molar-refractivity contribution in [1.82, 2.24) is 19.5 Å². The number of pyridine rings is 3. The summed E-state index contributed by atoms with van der Waals surface area (Å²) in [6.45, 7) is 4.66. The summed E-state index contributed by atoms with van der Waals surface area (Å²) in [7, 11) is 0. The molecule has 72 heavy (non-hydrogen) atoms. The van der Waals surface area contributed by atoms with Crippen molar-refractivity contribution < 1.29 is 0 Å². The van der Waals surface area contributed by atoms with Crippen LogP contribution in [0, 0.1) is 0 Å². The molecule has 0 spiro atoms. The van der Waals surface area contributed by atoms with Gasteiger partial charge < -0.3 is 4.90 Å². The third-order valence-electron chi connectivity index (χ3n) is 14.3. The van der Waals surface area contributed by atoms with Crippen molar-refractivity contribution in [3.8, 4) is 50.5 Å². The van der Waals surface area contributed by atoms with Crippen LogP contribution < -0.4 is 9.80 Å². The van der Waals surface area contributed by atoms with Crippen molar-refractivity contribution in [3.05, 3.63) is 266 Å². The molecule has 0 amide bonds. The number of para-hydroxylation sites is 2. The van der Waals surface area contributed by atoms with Crippen LogP contribution >= 0.6 is 0 Å². The Balaban J connectivity index is 1.09. The van der Waals surface area contributed by atoms with E-state index in [0.29, 0.717) is 0 Å². The number of nitrogens with zero attached hydrogens (tertiary/aromatic N) is 6. The van der Waals surface area contributed by atoms with Gasteiger partial charge in [0, 0.05) is 63.8 Å². The molecule has 0 saturated carbocycles. The van der Waals surface area contributed by atoms with Gasteiger partial charge in [-0.2, -0.15) is 0 Å². The molecule has 8 aromatic carbocycles. The maximum atomic E-state index is 5.83. The first-order chi connectivity index (χ1) is 35.5. The molecule has 6 heteroatoms. The van der Waals surface area contributed by atoms with Crippen LogP contribution in [0.5, 0.6) is 0 Å². The molecule has 4 aromatic heterocycles. The second kappa shape index (κ2) is 17.5. The molecule has 12 aromatic rings. The minimum absolute atomic E-state index is 0.248. The van der Waals surface area contributed by atoms with Gasteiger partial charge in [0.1, 0.15) is 11.6 Å². The largest absolute Gasteiger partial charge is 0.310 e. The van der Waals surface area contributed by atoms with E-state index in [2.05, 4.69) is 263 Å². The Hall–Kier alpha value is -9.39. The van der Waals surface area contributed by atoms with Gasteiger partial charge in [-0.05, 0) is 129 Å². The van der Waals surface area contributed by atoms with Crippen LogP contribution in [-0.2, 0) is 5.41 Å². The highest BCUT2D eigenvalue weighted by atomic mass is 15.2. The van der Waals surface area contributed by atoms with E-state index in [9.17, 15) is 0 Å². The third kappa shape index (κ3) is 7.40. The molecule has 0 bridgehead atoms. The number of hydrogen-bond donors (Lipinski definition) is 0. The van der Waals surface area contributed by atoms with Crippen LogP contribution in [0.4, 0.5) is 34.3 Å². The van der Waals surface area contributed by atoms with Gasteiger partial charge in [-0.1, -0.05) is 153 Å². The lowest BCUT2D eigenvalue weighted by Crippen LogP contribution is -2.31. The second-order valence-electron chi connectivity index (χ2n) is 18.9. The first-order valence-corrected chi connectivity index (χ1v) is 24.5. The van der Waals surface area contributed by atoms with Gasteiger partial charge in [-0.15, -0.1) is 0 Å². The van der Waals surface area contributed by atoms with E-state index in [1.807, 2.05) is 30.7 Å². The monoisotopic (exact) mass is 924 g/mol. The van der Waals surface area contributed by atoms with E-state index in [1.54, 1.807) is 0 Å². The Morgan fingerprint density at radius 2 is 0.847 bits per heavy atom. The summed E-state index contributed by atoms with van der Waals surface area (Å²) < 4.78 is 2.36. The van der Waals surface area contributed by atoms with Gasteiger partial charge in [0.2, 0.25) is 0 Å². The van der Waals surface area contributed by atoms with Crippen LogP contribution in [-0.4, -0.2) is 19.5 Å². The summed E-state index contributed by atoms with van der Waals surface area (Å²) >= 11 is 0. The molecule has 0 N–H and O–H groups in total. The quantitative estimate of drug-likeness (QED) is 0.144. The molecule has 0 fully saturated rings. The third-order valence-corrected chi connectivity index (χ3v) is 14.3. The lowest BCUT2D eigenvalue weighted by atomic mass is 9.73. The zero-order chi connectivity index (χ0) is 48.2. The molecule has 0 radical (unpaired) electrons. The van der Waals surface area contributed by atoms with Gasteiger partial charge in [0.25, 0.3) is 0 Å². The van der Waals surface area contributed by atoms with Crippen LogP contribution in [0.1, 0.15) is 25.0 Å². The summed E-state index contributed by atoms with van der Waals surface area (Å²) in [4.78, 5) is 19.5. The molecule has 6 nitrogen and oxygen atoms in total. The molecule has 0 saturated heterocycles. The number of benzene rings is 8. The van der Waals surface area contributed by atoms with Gasteiger partial charge in [0.05, 0.1) is 33.8 Å². The standard InChI is InChI=1S/C66H48N6/c1-66(2)57-19-9-11-22-62(57)72(63-23-12-10-20-58(63)66)65-44-54(70(52-30-24-47(25-31-52)48-36-39-67-40-37-48)53-32-26-49(27-33-53)59-21-13-14-38-68-59)43-64(69-65)71-60-34-28-50(45-15-5-3-6-16-45)41-55(60)56-42-51(29-35-61(56)71)46-17-7-4-8-18-46/h3-44H,1-2H3. The molecular weight excluding hydrogens is 877 g/mol. The van der Waals surface area contributed by atoms with E-state index < -0.39 is 0 Å². The normalized spacial score (nSPS) is 12.7.